The Bertz CT molecular complexity index is 988. The number of phenols is 1. The van der Waals surface area contributed by atoms with Gasteiger partial charge in [-0.15, -0.1) is 0 Å². The molecule has 4 N–H and O–H groups in total. The fourth-order valence-corrected chi connectivity index (χ4v) is 4.82. The fourth-order valence-electron chi connectivity index (χ4n) is 3.22. The van der Waals surface area contributed by atoms with Gasteiger partial charge in [-0.2, -0.15) is 4.31 Å². The van der Waals surface area contributed by atoms with Gasteiger partial charge < -0.3 is 19.4 Å². The first-order valence-electron chi connectivity index (χ1n) is 9.22. The van der Waals surface area contributed by atoms with Crippen molar-refractivity contribution in [2.24, 2.45) is 11.8 Å². The smallest absolute Gasteiger partial charge is 0.508 e. The van der Waals surface area contributed by atoms with Crippen molar-refractivity contribution in [3.63, 3.8) is 0 Å². The van der Waals surface area contributed by atoms with Crippen molar-refractivity contribution >= 4 is 26.8 Å². The van der Waals surface area contributed by atoms with Crippen LogP contribution in [-0.2, 0) is 13.4 Å². The highest BCUT2D eigenvalue weighted by Crippen LogP contribution is 2.57. The molecule has 1 atom stereocenters. The lowest BCUT2D eigenvalue weighted by atomic mass is 9.82. The summed E-state index contributed by atoms with van der Waals surface area (Å²) < 4.78 is 31.1. The first kappa shape index (κ1) is 24.4. The van der Waals surface area contributed by atoms with Crippen molar-refractivity contribution < 1.29 is 37.8 Å². The Morgan fingerprint density at radius 3 is 1.53 bits per heavy atom. The molecule has 0 aliphatic rings. The molecule has 2 rings (SSSR count). The highest BCUT2D eigenvalue weighted by atomic mass is 31.3. The quantitative estimate of drug-likeness (QED) is 0.315. The standard InChI is InChI=1S/C20H26O8P2/c1-13(2)19(15-5-9-17(21)10-6-15)20(14(3)4)16-7-11-18(12-8-16)27-30(25,26)28-29(22,23)24/h5-14,21H,1-4H3,(H,25,26)(H2,22,23,24)/b20-19+. The number of aromatic hydroxyl groups is 1. The molecule has 164 valence electrons. The monoisotopic (exact) mass is 456 g/mol. The minimum Gasteiger partial charge on any atom is -0.508 e. The summed E-state index contributed by atoms with van der Waals surface area (Å²) in [4.78, 5) is 26.9. The van der Waals surface area contributed by atoms with E-state index in [1.807, 2.05) is 12.1 Å². The zero-order valence-electron chi connectivity index (χ0n) is 17.1. The van der Waals surface area contributed by atoms with Gasteiger partial charge in [0.05, 0.1) is 0 Å². The van der Waals surface area contributed by atoms with Crippen molar-refractivity contribution in [3.8, 4) is 11.5 Å². The van der Waals surface area contributed by atoms with Crippen LogP contribution in [0, 0.1) is 11.8 Å². The normalized spacial score (nSPS) is 15.1. The number of phosphoric acid groups is 2. The molecule has 30 heavy (non-hydrogen) atoms. The van der Waals surface area contributed by atoms with Gasteiger partial charge in [-0.25, -0.2) is 9.13 Å². The summed E-state index contributed by atoms with van der Waals surface area (Å²) in [6.07, 6.45) is 0. The average molecular weight is 456 g/mol. The van der Waals surface area contributed by atoms with E-state index in [2.05, 4.69) is 32.0 Å². The molecule has 0 fully saturated rings. The van der Waals surface area contributed by atoms with Gasteiger partial charge in [0.1, 0.15) is 11.5 Å². The molecule has 0 radical (unpaired) electrons. The lowest BCUT2D eigenvalue weighted by Crippen LogP contribution is -2.04. The SMILES string of the molecule is CC(C)/C(=C(\c1ccc(OP(=O)(O)OP(=O)(O)O)cc1)C(C)C)c1ccc(O)cc1. The molecule has 8 nitrogen and oxygen atoms in total. The second-order valence-electron chi connectivity index (χ2n) is 7.34. The van der Waals surface area contributed by atoms with Gasteiger partial charge in [-0.1, -0.05) is 52.0 Å². The maximum absolute atomic E-state index is 11.7. The van der Waals surface area contributed by atoms with E-state index in [9.17, 15) is 19.1 Å². The number of benzene rings is 2. The molecule has 10 heteroatoms. The van der Waals surface area contributed by atoms with E-state index in [0.717, 1.165) is 22.3 Å². The summed E-state index contributed by atoms with van der Waals surface area (Å²) >= 11 is 0. The maximum atomic E-state index is 11.7. The van der Waals surface area contributed by atoms with E-state index >= 15 is 0 Å². The summed E-state index contributed by atoms with van der Waals surface area (Å²) in [6, 6.07) is 13.2. The van der Waals surface area contributed by atoms with Crippen LogP contribution in [0.4, 0.5) is 0 Å². The van der Waals surface area contributed by atoms with Crippen LogP contribution >= 0.6 is 15.6 Å². The van der Waals surface area contributed by atoms with Crippen LogP contribution in [0.5, 0.6) is 11.5 Å². The van der Waals surface area contributed by atoms with E-state index in [1.54, 1.807) is 24.3 Å². The molecule has 0 aromatic heterocycles. The van der Waals surface area contributed by atoms with Crippen LogP contribution in [0.3, 0.4) is 0 Å². The first-order valence-corrected chi connectivity index (χ1v) is 12.2. The number of phenolic OH excluding ortho intramolecular Hbond substituents is 1. The van der Waals surface area contributed by atoms with Gasteiger partial charge >= 0.3 is 15.6 Å². The Morgan fingerprint density at radius 1 is 0.767 bits per heavy atom. The summed E-state index contributed by atoms with van der Waals surface area (Å²) in [6.45, 7) is 8.25. The van der Waals surface area contributed by atoms with Crippen molar-refractivity contribution in [3.05, 3.63) is 59.7 Å². The van der Waals surface area contributed by atoms with Crippen molar-refractivity contribution in [1.82, 2.24) is 0 Å². The second kappa shape index (κ2) is 9.48. The van der Waals surface area contributed by atoms with Crippen molar-refractivity contribution in [2.45, 2.75) is 27.7 Å². The third kappa shape index (κ3) is 6.81. The number of hydrogen-bond donors (Lipinski definition) is 4. The van der Waals surface area contributed by atoms with Crippen molar-refractivity contribution in [2.75, 3.05) is 0 Å². The summed E-state index contributed by atoms with van der Waals surface area (Å²) in [5.41, 5.74) is 3.98. The zero-order valence-corrected chi connectivity index (χ0v) is 18.9. The third-order valence-corrected chi connectivity index (χ3v) is 6.34. The molecular weight excluding hydrogens is 430 g/mol. The highest BCUT2D eigenvalue weighted by molar-refractivity contribution is 7.60. The van der Waals surface area contributed by atoms with Crippen LogP contribution in [0.25, 0.3) is 11.1 Å². The molecule has 0 aliphatic carbocycles. The first-order chi connectivity index (χ1) is 13.8. The molecule has 0 saturated carbocycles. The minimum atomic E-state index is -5.19. The second-order valence-corrected chi connectivity index (χ2v) is 10.1. The number of phosphoric ester groups is 1. The van der Waals surface area contributed by atoms with E-state index in [4.69, 9.17) is 14.3 Å². The lowest BCUT2D eigenvalue weighted by molar-refractivity contribution is 0.229. The van der Waals surface area contributed by atoms with E-state index in [0.29, 0.717) is 0 Å². The van der Waals surface area contributed by atoms with Gasteiger partial charge in [-0.3, -0.25) is 4.89 Å². The van der Waals surface area contributed by atoms with Crippen LogP contribution in [-0.4, -0.2) is 19.8 Å². The van der Waals surface area contributed by atoms with Crippen LogP contribution in [0.15, 0.2) is 48.5 Å². The predicted octanol–water partition coefficient (Wildman–Crippen LogP) is 5.20. The fraction of sp³-hybridized carbons (Fsp3) is 0.300. The van der Waals surface area contributed by atoms with Gasteiger partial charge in [-0.05, 0) is 58.4 Å². The van der Waals surface area contributed by atoms with E-state index < -0.39 is 15.6 Å². The average Bonchev–Trinajstić information content (AvgIpc) is 2.58. The Kier molecular flexibility index (Phi) is 7.69. The number of hydrogen-bond acceptors (Lipinski definition) is 5. The van der Waals surface area contributed by atoms with Crippen LogP contribution in [0.1, 0.15) is 38.8 Å². The molecule has 2 aromatic carbocycles. The third-order valence-electron chi connectivity index (χ3n) is 4.22. The van der Waals surface area contributed by atoms with E-state index in [-0.39, 0.29) is 23.3 Å². The zero-order chi connectivity index (χ0) is 22.7. The Morgan fingerprint density at radius 2 is 1.17 bits per heavy atom. The molecule has 0 heterocycles. The number of rotatable bonds is 8. The molecule has 2 aromatic rings. The molecule has 0 aliphatic heterocycles. The maximum Gasteiger partial charge on any atom is 0.536 e. The molecule has 1 unspecified atom stereocenters. The van der Waals surface area contributed by atoms with Crippen LogP contribution < -0.4 is 4.52 Å². The van der Waals surface area contributed by atoms with Crippen molar-refractivity contribution in [1.29, 1.82) is 0 Å². The molecule has 0 saturated heterocycles. The molecule has 0 amide bonds. The summed E-state index contributed by atoms with van der Waals surface area (Å²) in [5, 5.41) is 9.60. The summed E-state index contributed by atoms with van der Waals surface area (Å²) in [5.74, 6) is 0.430. The van der Waals surface area contributed by atoms with Crippen LogP contribution in [0.2, 0.25) is 0 Å². The van der Waals surface area contributed by atoms with Gasteiger partial charge in [0.15, 0.2) is 0 Å². The summed E-state index contributed by atoms with van der Waals surface area (Å²) in [7, 11) is -10.2. The van der Waals surface area contributed by atoms with Gasteiger partial charge in [0.2, 0.25) is 0 Å². The molecule has 0 spiro atoms. The lowest BCUT2D eigenvalue weighted by Gasteiger charge is -2.23. The van der Waals surface area contributed by atoms with Gasteiger partial charge in [0, 0.05) is 0 Å². The topological polar surface area (TPSA) is 134 Å². The molecular formula is C20H26O8P2. The van der Waals surface area contributed by atoms with E-state index in [1.165, 1.54) is 12.1 Å². The Balaban J connectivity index is 2.45. The Labute approximate surface area is 175 Å². The Hall–Kier alpha value is -1.92. The predicted molar refractivity (Wildman–Crippen MR) is 115 cm³/mol. The minimum absolute atomic E-state index is 0.0723. The number of allylic oxidation sites excluding steroid dienone is 2. The molecule has 0 bridgehead atoms. The highest BCUT2D eigenvalue weighted by Gasteiger charge is 2.33. The largest absolute Gasteiger partial charge is 0.536 e. The van der Waals surface area contributed by atoms with Gasteiger partial charge in [0.25, 0.3) is 0 Å².